The number of thiophene rings is 1. The molecule has 3 N–H and O–H groups in total. The summed E-state index contributed by atoms with van der Waals surface area (Å²) in [5.74, 6) is 2.60. The number of hydrogen-bond acceptors (Lipinski definition) is 4. The topological polar surface area (TPSA) is 55.1 Å². The zero-order valence-electron chi connectivity index (χ0n) is 18.6. The zero-order chi connectivity index (χ0) is 22.6. The maximum Gasteiger partial charge on any atom is 0.196 e. The van der Waals surface area contributed by atoms with Gasteiger partial charge in [0.15, 0.2) is 5.78 Å². The lowest BCUT2D eigenvalue weighted by atomic mass is 9.53. The summed E-state index contributed by atoms with van der Waals surface area (Å²) in [6.07, 6.45) is 8.09. The van der Waals surface area contributed by atoms with Gasteiger partial charge in [0.05, 0.1) is 10.6 Å². The average molecular weight is 477 g/mol. The number of nitrogen functional groups attached to an aromatic ring is 1. The van der Waals surface area contributed by atoms with Gasteiger partial charge in [-0.2, -0.15) is 0 Å². The van der Waals surface area contributed by atoms with Crippen molar-refractivity contribution in [2.24, 2.45) is 17.8 Å². The molecule has 0 aliphatic heterocycles. The molecule has 3 nitrogen and oxygen atoms in total. The van der Waals surface area contributed by atoms with Gasteiger partial charge in [-0.15, -0.1) is 11.3 Å². The number of carbonyl (C=O) groups is 1. The highest BCUT2D eigenvalue weighted by Crippen LogP contribution is 2.56. The monoisotopic (exact) mass is 476 g/mol. The van der Waals surface area contributed by atoms with E-state index in [1.165, 1.54) is 49.9 Å². The number of carbonyl (C=O) groups excluding carboxylic acids is 1. The van der Waals surface area contributed by atoms with Gasteiger partial charge in [0, 0.05) is 27.5 Å². The largest absolute Gasteiger partial charge is 0.390 e. The molecule has 1 aromatic heterocycles. The Bertz CT molecular complexity index is 1150. The number of benzene rings is 2. The molecule has 0 amide bonds. The van der Waals surface area contributed by atoms with E-state index in [4.69, 9.17) is 17.3 Å². The van der Waals surface area contributed by atoms with Gasteiger partial charge in [-0.25, -0.2) is 0 Å². The zero-order valence-corrected chi connectivity index (χ0v) is 20.2. The number of halogens is 1. The first-order valence-corrected chi connectivity index (χ1v) is 13.2. The van der Waals surface area contributed by atoms with E-state index >= 15 is 0 Å². The number of ketones is 1. The molecule has 0 saturated heterocycles. The van der Waals surface area contributed by atoms with Crippen LogP contribution in [0.25, 0.3) is 10.4 Å². The molecule has 0 spiro atoms. The summed E-state index contributed by atoms with van der Waals surface area (Å²) in [5, 5.41) is 5.22. The Labute approximate surface area is 204 Å². The van der Waals surface area contributed by atoms with Gasteiger partial charge < -0.3 is 11.1 Å². The minimum Gasteiger partial charge on any atom is -0.390 e. The molecule has 0 atom stereocenters. The van der Waals surface area contributed by atoms with Crippen molar-refractivity contribution in [1.29, 1.82) is 0 Å². The summed E-state index contributed by atoms with van der Waals surface area (Å²) >= 11 is 7.59. The highest BCUT2D eigenvalue weighted by atomic mass is 35.5. The molecule has 4 bridgehead atoms. The van der Waals surface area contributed by atoms with Crippen LogP contribution in [-0.2, 0) is 6.54 Å². The fraction of sp³-hybridized carbons (Fsp3) is 0.393. The number of rotatable bonds is 6. The van der Waals surface area contributed by atoms with E-state index in [1.54, 1.807) is 24.3 Å². The Morgan fingerprint density at radius 3 is 2.18 bits per heavy atom. The highest BCUT2D eigenvalue weighted by Gasteiger charge is 2.50. The third kappa shape index (κ3) is 3.92. The molecular formula is C28H29ClN2OS. The van der Waals surface area contributed by atoms with E-state index < -0.39 is 0 Å². The van der Waals surface area contributed by atoms with Crippen LogP contribution in [0.15, 0.2) is 54.6 Å². The van der Waals surface area contributed by atoms with E-state index in [9.17, 15) is 4.79 Å². The molecule has 0 unspecified atom stereocenters. The second-order valence-corrected chi connectivity index (χ2v) is 11.9. The molecule has 4 aliphatic carbocycles. The Balaban J connectivity index is 1.37. The van der Waals surface area contributed by atoms with Crippen molar-refractivity contribution in [2.75, 3.05) is 5.73 Å². The molecule has 5 heteroatoms. The van der Waals surface area contributed by atoms with Crippen LogP contribution in [0, 0.1) is 17.8 Å². The molecule has 1 heterocycles. The molecule has 4 aliphatic rings. The lowest BCUT2D eigenvalue weighted by Crippen LogP contribution is -2.58. The molecule has 4 fully saturated rings. The first-order valence-electron chi connectivity index (χ1n) is 12.0. The summed E-state index contributed by atoms with van der Waals surface area (Å²) in [7, 11) is 0. The number of hydrogen-bond donors (Lipinski definition) is 2. The molecular weight excluding hydrogens is 448 g/mol. The van der Waals surface area contributed by atoms with E-state index in [-0.39, 0.29) is 11.3 Å². The van der Waals surface area contributed by atoms with Crippen LogP contribution in [0.3, 0.4) is 0 Å². The fourth-order valence-corrected chi connectivity index (χ4v) is 8.29. The first kappa shape index (κ1) is 21.4. The third-order valence-corrected chi connectivity index (χ3v) is 9.44. The Morgan fingerprint density at radius 1 is 0.970 bits per heavy atom. The van der Waals surface area contributed by atoms with Crippen molar-refractivity contribution in [3.8, 4) is 10.4 Å². The second kappa shape index (κ2) is 8.26. The van der Waals surface area contributed by atoms with E-state index in [1.807, 2.05) is 18.2 Å². The van der Waals surface area contributed by atoms with Gasteiger partial charge in [0.1, 0.15) is 0 Å². The van der Waals surface area contributed by atoms with Crippen LogP contribution in [0.4, 0.5) is 5.00 Å². The van der Waals surface area contributed by atoms with Crippen molar-refractivity contribution >= 4 is 33.7 Å². The van der Waals surface area contributed by atoms with E-state index in [0.717, 1.165) is 33.8 Å². The molecule has 33 heavy (non-hydrogen) atoms. The van der Waals surface area contributed by atoms with E-state index in [2.05, 4.69) is 17.4 Å². The summed E-state index contributed by atoms with van der Waals surface area (Å²) in [4.78, 5) is 14.7. The Hall–Kier alpha value is -2.14. The first-order chi connectivity index (χ1) is 16.0. The Morgan fingerprint density at radius 2 is 1.58 bits per heavy atom. The SMILES string of the molecule is Nc1sc(-c2ccccc2)c(CNC23CC4CC(CC(C4)C2)C3)c1C(=O)c1ccc(Cl)cc1. The number of anilines is 1. The van der Waals surface area contributed by atoms with Crippen LogP contribution in [0.5, 0.6) is 0 Å². The van der Waals surface area contributed by atoms with Gasteiger partial charge >= 0.3 is 0 Å². The molecule has 7 rings (SSSR count). The van der Waals surface area contributed by atoms with Crippen LogP contribution in [0.2, 0.25) is 5.02 Å². The van der Waals surface area contributed by atoms with Gasteiger partial charge in [-0.05, 0) is 91.7 Å². The van der Waals surface area contributed by atoms with Gasteiger partial charge in [-0.3, -0.25) is 4.79 Å². The second-order valence-electron chi connectivity index (χ2n) is 10.4. The summed E-state index contributed by atoms with van der Waals surface area (Å²) in [6, 6.07) is 17.4. The number of nitrogens with one attached hydrogen (secondary N) is 1. The molecule has 170 valence electrons. The average Bonchev–Trinajstić information content (AvgIpc) is 3.13. The van der Waals surface area contributed by atoms with Crippen molar-refractivity contribution in [3.05, 3.63) is 76.3 Å². The van der Waals surface area contributed by atoms with Crippen LogP contribution >= 0.6 is 22.9 Å². The van der Waals surface area contributed by atoms with Crippen molar-refractivity contribution in [3.63, 3.8) is 0 Å². The minimum atomic E-state index is -0.0232. The van der Waals surface area contributed by atoms with Gasteiger partial charge in [0.2, 0.25) is 0 Å². The molecule has 0 radical (unpaired) electrons. The summed E-state index contributed by atoms with van der Waals surface area (Å²) in [5.41, 5.74) is 10.2. The molecule has 2 aromatic carbocycles. The van der Waals surface area contributed by atoms with Crippen LogP contribution in [0.1, 0.15) is 60.0 Å². The predicted molar refractivity (Wildman–Crippen MR) is 137 cm³/mol. The molecule has 4 saturated carbocycles. The smallest absolute Gasteiger partial charge is 0.196 e. The van der Waals surface area contributed by atoms with Crippen molar-refractivity contribution in [2.45, 2.75) is 50.6 Å². The van der Waals surface area contributed by atoms with Crippen molar-refractivity contribution in [1.82, 2.24) is 5.32 Å². The van der Waals surface area contributed by atoms with Gasteiger partial charge in [-0.1, -0.05) is 41.9 Å². The van der Waals surface area contributed by atoms with Crippen LogP contribution < -0.4 is 11.1 Å². The van der Waals surface area contributed by atoms with E-state index in [0.29, 0.717) is 27.7 Å². The third-order valence-electron chi connectivity index (χ3n) is 8.08. The predicted octanol–water partition coefficient (Wildman–Crippen LogP) is 6.94. The molecule has 3 aromatic rings. The van der Waals surface area contributed by atoms with Gasteiger partial charge in [0.25, 0.3) is 0 Å². The lowest BCUT2D eigenvalue weighted by molar-refractivity contribution is -0.0205. The normalized spacial score (nSPS) is 27.7. The summed E-state index contributed by atoms with van der Waals surface area (Å²) in [6.45, 7) is 0.679. The standard InChI is InChI=1S/C28H29ClN2OS/c29-22-8-6-20(7-9-22)25(32)24-23(26(33-27(24)30)21-4-2-1-3-5-21)16-31-28-13-17-10-18(14-28)12-19(11-17)15-28/h1-9,17-19,31H,10-16,30H2. The summed E-state index contributed by atoms with van der Waals surface area (Å²) < 4.78 is 0. The maximum atomic E-state index is 13.6. The maximum absolute atomic E-state index is 13.6. The fourth-order valence-electron chi connectivity index (χ4n) is 7.07. The minimum absolute atomic E-state index is 0.0232. The highest BCUT2D eigenvalue weighted by molar-refractivity contribution is 7.20. The lowest BCUT2D eigenvalue weighted by Gasteiger charge is -2.57. The Kier molecular flexibility index (Phi) is 5.36. The quantitative estimate of drug-likeness (QED) is 0.379. The number of nitrogens with two attached hydrogens (primary N) is 1. The van der Waals surface area contributed by atoms with Crippen molar-refractivity contribution < 1.29 is 4.79 Å². The van der Waals surface area contributed by atoms with Crippen LogP contribution in [-0.4, -0.2) is 11.3 Å².